The van der Waals surface area contributed by atoms with Crippen molar-refractivity contribution in [2.24, 2.45) is 0 Å². The Kier molecular flexibility index (Phi) is 7.23. The lowest BCUT2D eigenvalue weighted by atomic mass is 10.2. The summed E-state index contributed by atoms with van der Waals surface area (Å²) in [7, 11) is 0. The average Bonchev–Trinajstić information content (AvgIpc) is 3.38. The van der Waals surface area contributed by atoms with Crippen molar-refractivity contribution in [3.63, 3.8) is 0 Å². The molecule has 1 N–H and O–H groups in total. The summed E-state index contributed by atoms with van der Waals surface area (Å²) in [6, 6.07) is 3.51. The van der Waals surface area contributed by atoms with E-state index < -0.39 is 0 Å². The number of thioether (sulfide) groups is 2. The third-order valence-electron chi connectivity index (χ3n) is 3.46. The molecule has 0 aliphatic rings. The summed E-state index contributed by atoms with van der Waals surface area (Å²) in [6.45, 7) is 3.81. The first kappa shape index (κ1) is 21.3. The summed E-state index contributed by atoms with van der Waals surface area (Å²) in [6.07, 6.45) is 3.37. The summed E-state index contributed by atoms with van der Waals surface area (Å²) >= 11 is 3.72. The van der Waals surface area contributed by atoms with Crippen LogP contribution in [0.4, 0.5) is 5.13 Å². The Morgan fingerprint density at radius 3 is 2.83 bits per heavy atom. The number of carbonyl (C=O) groups is 2. The first-order chi connectivity index (χ1) is 14.0. The number of esters is 1. The number of hydrogen-bond acceptors (Lipinski definition) is 11. The average molecular weight is 452 g/mol. The number of carbonyl (C=O) groups excluding carboxylic acids is 2. The number of ether oxygens (including phenoxy) is 1. The van der Waals surface area contributed by atoms with Crippen molar-refractivity contribution in [3.8, 4) is 11.6 Å². The normalized spacial score (nSPS) is 10.7. The predicted molar refractivity (Wildman–Crippen MR) is 111 cm³/mol. The molecule has 12 heteroatoms. The molecule has 0 radical (unpaired) electrons. The monoisotopic (exact) mass is 451 g/mol. The van der Waals surface area contributed by atoms with Crippen LogP contribution in [0.15, 0.2) is 32.2 Å². The fourth-order valence-electron chi connectivity index (χ4n) is 2.27. The van der Waals surface area contributed by atoms with Gasteiger partial charge in [0.15, 0.2) is 15.9 Å². The molecule has 0 aliphatic carbocycles. The summed E-state index contributed by atoms with van der Waals surface area (Å²) in [5.74, 6) is 0.377. The van der Waals surface area contributed by atoms with Crippen molar-refractivity contribution >= 4 is 51.9 Å². The predicted octanol–water partition coefficient (Wildman–Crippen LogP) is 3.53. The van der Waals surface area contributed by atoms with E-state index in [-0.39, 0.29) is 17.6 Å². The SMILES string of the molecule is CCOC(=O)CSc1nnc(NC(=O)c2c(C)nc(-c3ccco3)nc2SC)s1. The highest BCUT2D eigenvalue weighted by Crippen LogP contribution is 2.28. The Bertz CT molecular complexity index is 1010. The van der Waals surface area contributed by atoms with Crippen LogP contribution in [-0.2, 0) is 9.53 Å². The van der Waals surface area contributed by atoms with E-state index in [0.29, 0.717) is 43.9 Å². The summed E-state index contributed by atoms with van der Waals surface area (Å²) in [5.41, 5.74) is 0.887. The molecule has 152 valence electrons. The van der Waals surface area contributed by atoms with Crippen molar-refractivity contribution in [1.29, 1.82) is 0 Å². The molecule has 0 saturated heterocycles. The van der Waals surface area contributed by atoms with Crippen LogP contribution < -0.4 is 5.32 Å². The number of nitrogens with zero attached hydrogens (tertiary/aromatic N) is 4. The number of hydrogen-bond donors (Lipinski definition) is 1. The van der Waals surface area contributed by atoms with Crippen LogP contribution >= 0.6 is 34.9 Å². The van der Waals surface area contributed by atoms with Gasteiger partial charge in [-0.05, 0) is 32.2 Å². The van der Waals surface area contributed by atoms with E-state index in [1.165, 1.54) is 34.9 Å². The van der Waals surface area contributed by atoms with Crippen LogP contribution in [-0.4, -0.2) is 50.7 Å². The van der Waals surface area contributed by atoms with E-state index in [1.807, 2.05) is 6.26 Å². The van der Waals surface area contributed by atoms with Gasteiger partial charge in [0.25, 0.3) is 5.91 Å². The highest BCUT2D eigenvalue weighted by Gasteiger charge is 2.21. The largest absolute Gasteiger partial charge is 0.465 e. The first-order valence-corrected chi connectivity index (χ1v) is 11.4. The highest BCUT2D eigenvalue weighted by molar-refractivity contribution is 8.01. The smallest absolute Gasteiger partial charge is 0.316 e. The maximum absolute atomic E-state index is 12.8. The second-order valence-corrected chi connectivity index (χ2v) is 8.41. The molecular weight excluding hydrogens is 434 g/mol. The fraction of sp³-hybridized carbons (Fsp3) is 0.294. The molecule has 0 spiro atoms. The molecule has 3 aromatic rings. The van der Waals surface area contributed by atoms with Crippen molar-refractivity contribution in [3.05, 3.63) is 29.7 Å². The molecule has 0 fully saturated rings. The second kappa shape index (κ2) is 9.85. The third-order valence-corrected chi connectivity index (χ3v) is 6.09. The number of furan rings is 1. The molecule has 9 nitrogen and oxygen atoms in total. The van der Waals surface area contributed by atoms with Crippen molar-refractivity contribution < 1.29 is 18.7 Å². The Balaban J connectivity index is 1.73. The summed E-state index contributed by atoms with van der Waals surface area (Å²) in [5, 5.41) is 11.5. The van der Waals surface area contributed by atoms with Gasteiger partial charge in [-0.1, -0.05) is 23.1 Å². The highest BCUT2D eigenvalue weighted by atomic mass is 32.2. The van der Waals surface area contributed by atoms with Gasteiger partial charge in [0, 0.05) is 0 Å². The van der Waals surface area contributed by atoms with E-state index >= 15 is 0 Å². The van der Waals surface area contributed by atoms with Crippen LogP contribution in [0.1, 0.15) is 23.0 Å². The zero-order chi connectivity index (χ0) is 20.8. The van der Waals surface area contributed by atoms with Crippen molar-refractivity contribution in [2.45, 2.75) is 23.2 Å². The van der Waals surface area contributed by atoms with Gasteiger partial charge in [-0.25, -0.2) is 9.97 Å². The van der Waals surface area contributed by atoms with Gasteiger partial charge in [0.05, 0.1) is 29.9 Å². The molecular formula is C17H17N5O4S3. The lowest BCUT2D eigenvalue weighted by Gasteiger charge is -2.10. The molecule has 0 saturated carbocycles. The summed E-state index contributed by atoms with van der Waals surface area (Å²) < 4.78 is 10.8. The maximum Gasteiger partial charge on any atom is 0.316 e. The quantitative estimate of drug-likeness (QED) is 0.236. The number of nitrogens with one attached hydrogen (secondary N) is 1. The van der Waals surface area contributed by atoms with Gasteiger partial charge in [-0.3, -0.25) is 14.9 Å². The molecule has 0 aliphatic heterocycles. The van der Waals surface area contributed by atoms with Crippen LogP contribution in [0.3, 0.4) is 0 Å². The fourth-order valence-corrected chi connectivity index (χ4v) is 4.44. The van der Waals surface area contributed by atoms with E-state index in [4.69, 9.17) is 9.15 Å². The molecule has 0 atom stereocenters. The minimum absolute atomic E-state index is 0.133. The summed E-state index contributed by atoms with van der Waals surface area (Å²) in [4.78, 5) is 33.1. The van der Waals surface area contributed by atoms with Gasteiger partial charge in [-0.15, -0.1) is 22.0 Å². The van der Waals surface area contributed by atoms with Crippen LogP contribution in [0.25, 0.3) is 11.6 Å². The van der Waals surface area contributed by atoms with E-state index in [2.05, 4.69) is 25.5 Å². The minimum atomic E-state index is -0.379. The topological polar surface area (TPSA) is 120 Å². The standard InChI is InChI=1S/C17H17N5O4S3/c1-4-25-11(23)8-28-17-22-21-16(29-17)20-14(24)12-9(2)18-13(19-15(12)27-3)10-6-5-7-26-10/h5-7H,4,8H2,1-3H3,(H,20,21,24). The van der Waals surface area contributed by atoms with E-state index in [9.17, 15) is 9.59 Å². The molecule has 0 unspecified atom stereocenters. The molecule has 3 heterocycles. The van der Waals surface area contributed by atoms with Gasteiger partial charge < -0.3 is 9.15 Å². The molecule has 0 aromatic carbocycles. The van der Waals surface area contributed by atoms with Gasteiger partial charge in [0.2, 0.25) is 5.13 Å². The molecule has 3 rings (SSSR count). The van der Waals surface area contributed by atoms with Crippen LogP contribution in [0, 0.1) is 6.92 Å². The number of aromatic nitrogens is 4. The molecule has 1 amide bonds. The van der Waals surface area contributed by atoms with Crippen molar-refractivity contribution in [2.75, 3.05) is 23.9 Å². The Labute approximate surface area is 179 Å². The number of anilines is 1. The second-order valence-electron chi connectivity index (χ2n) is 5.42. The van der Waals surface area contributed by atoms with E-state index in [0.717, 1.165) is 0 Å². The van der Waals surface area contributed by atoms with Gasteiger partial charge in [-0.2, -0.15) is 0 Å². The lowest BCUT2D eigenvalue weighted by Crippen LogP contribution is -2.16. The van der Waals surface area contributed by atoms with Crippen molar-refractivity contribution in [1.82, 2.24) is 20.2 Å². The van der Waals surface area contributed by atoms with Crippen LogP contribution in [0.2, 0.25) is 0 Å². The molecule has 3 aromatic heterocycles. The first-order valence-electron chi connectivity index (χ1n) is 8.41. The zero-order valence-corrected chi connectivity index (χ0v) is 18.2. The third kappa shape index (κ3) is 5.34. The van der Waals surface area contributed by atoms with E-state index in [1.54, 1.807) is 32.2 Å². The number of rotatable bonds is 8. The minimum Gasteiger partial charge on any atom is -0.465 e. The Morgan fingerprint density at radius 2 is 2.14 bits per heavy atom. The Morgan fingerprint density at radius 1 is 1.31 bits per heavy atom. The molecule has 0 bridgehead atoms. The zero-order valence-electron chi connectivity index (χ0n) is 15.8. The lowest BCUT2D eigenvalue weighted by molar-refractivity contribution is -0.139. The maximum atomic E-state index is 12.8. The van der Waals surface area contributed by atoms with Gasteiger partial charge >= 0.3 is 5.97 Å². The van der Waals surface area contributed by atoms with Gasteiger partial charge in [0.1, 0.15) is 5.03 Å². The van der Waals surface area contributed by atoms with Crippen LogP contribution in [0.5, 0.6) is 0 Å². The number of amides is 1. The Hall–Kier alpha value is -2.44. The molecule has 29 heavy (non-hydrogen) atoms. The number of aryl methyl sites for hydroxylation is 1.